The van der Waals surface area contributed by atoms with Crippen molar-refractivity contribution in [2.45, 2.75) is 31.7 Å². The molecule has 1 aromatic carbocycles. The maximum atomic E-state index is 13.3. The predicted octanol–water partition coefficient (Wildman–Crippen LogP) is 2.37. The molecule has 2 aliphatic rings. The Morgan fingerprint density at radius 2 is 1.96 bits per heavy atom. The number of benzene rings is 1. The minimum Gasteiger partial charge on any atom is -0.349 e. The maximum absolute atomic E-state index is 13.3. The van der Waals surface area contributed by atoms with E-state index in [0.29, 0.717) is 24.2 Å². The second kappa shape index (κ2) is 6.79. The quantitative estimate of drug-likeness (QED) is 0.902. The highest BCUT2D eigenvalue weighted by atomic mass is 19.1. The van der Waals surface area contributed by atoms with Crippen LogP contribution in [0.15, 0.2) is 36.7 Å². The van der Waals surface area contributed by atoms with Gasteiger partial charge in [0.15, 0.2) is 0 Å². The van der Waals surface area contributed by atoms with Crippen LogP contribution < -0.4 is 5.32 Å². The molecule has 4 rings (SSSR count). The van der Waals surface area contributed by atoms with Crippen LogP contribution in [0.2, 0.25) is 0 Å². The molecule has 1 spiro atoms. The predicted molar refractivity (Wildman–Crippen MR) is 97.7 cm³/mol. The molecule has 2 aromatic rings. The summed E-state index contributed by atoms with van der Waals surface area (Å²) in [6.45, 7) is 1.36. The van der Waals surface area contributed by atoms with E-state index in [1.54, 1.807) is 36.3 Å². The summed E-state index contributed by atoms with van der Waals surface area (Å²) in [6.07, 6.45) is 7.02. The second-order valence-electron chi connectivity index (χ2n) is 7.78. The molecule has 6 nitrogen and oxygen atoms in total. The first kappa shape index (κ1) is 17.7. The monoisotopic (exact) mass is 370 g/mol. The van der Waals surface area contributed by atoms with E-state index in [2.05, 4.69) is 10.4 Å². The first-order valence-corrected chi connectivity index (χ1v) is 9.29. The molecule has 2 heterocycles. The summed E-state index contributed by atoms with van der Waals surface area (Å²) in [6, 6.07) is 6.04. The van der Waals surface area contributed by atoms with Gasteiger partial charge < -0.3 is 10.2 Å². The van der Waals surface area contributed by atoms with E-state index in [-0.39, 0.29) is 29.1 Å². The Balaban J connectivity index is 1.28. The zero-order valence-electron chi connectivity index (χ0n) is 15.3. The Labute approximate surface area is 157 Å². The van der Waals surface area contributed by atoms with Gasteiger partial charge in [0.1, 0.15) is 5.82 Å². The van der Waals surface area contributed by atoms with Gasteiger partial charge >= 0.3 is 0 Å². The fourth-order valence-electron chi connectivity index (χ4n) is 4.29. The van der Waals surface area contributed by atoms with Crippen molar-refractivity contribution in [1.82, 2.24) is 20.0 Å². The lowest BCUT2D eigenvalue weighted by molar-refractivity contribution is 0.00862. The second-order valence-corrected chi connectivity index (χ2v) is 7.78. The van der Waals surface area contributed by atoms with Gasteiger partial charge in [0.25, 0.3) is 11.8 Å². The number of nitrogens with one attached hydrogen (secondary N) is 1. The number of piperidine rings is 1. The van der Waals surface area contributed by atoms with Crippen LogP contribution in [0.1, 0.15) is 46.4 Å². The topological polar surface area (TPSA) is 67.2 Å². The van der Waals surface area contributed by atoms with Crippen LogP contribution in [-0.2, 0) is 7.05 Å². The third kappa shape index (κ3) is 3.59. The van der Waals surface area contributed by atoms with Crippen LogP contribution in [-0.4, -0.2) is 45.6 Å². The van der Waals surface area contributed by atoms with Crippen molar-refractivity contribution in [2.24, 2.45) is 12.5 Å². The molecular formula is C20H23FN4O2. The van der Waals surface area contributed by atoms with Gasteiger partial charge in [-0.2, -0.15) is 5.10 Å². The molecule has 1 aliphatic carbocycles. The highest BCUT2D eigenvalue weighted by molar-refractivity contribution is 5.94. The van der Waals surface area contributed by atoms with Crippen molar-refractivity contribution in [3.63, 3.8) is 0 Å². The van der Waals surface area contributed by atoms with E-state index in [1.165, 1.54) is 12.1 Å². The van der Waals surface area contributed by atoms with Crippen molar-refractivity contribution < 1.29 is 14.0 Å². The minimum atomic E-state index is -0.388. The molecule has 0 radical (unpaired) electrons. The molecule has 0 atom stereocenters. The molecule has 7 heteroatoms. The largest absolute Gasteiger partial charge is 0.349 e. The Morgan fingerprint density at radius 3 is 2.59 bits per heavy atom. The van der Waals surface area contributed by atoms with Crippen LogP contribution in [0.3, 0.4) is 0 Å². The average molecular weight is 370 g/mol. The number of aryl methyl sites for hydroxylation is 1. The summed E-state index contributed by atoms with van der Waals surface area (Å²) in [5.41, 5.74) is 1.20. The van der Waals surface area contributed by atoms with Gasteiger partial charge in [0, 0.05) is 37.9 Å². The summed E-state index contributed by atoms with van der Waals surface area (Å²) >= 11 is 0. The van der Waals surface area contributed by atoms with E-state index < -0.39 is 0 Å². The number of amides is 2. The van der Waals surface area contributed by atoms with Crippen LogP contribution in [0.4, 0.5) is 4.39 Å². The lowest BCUT2D eigenvalue weighted by Crippen LogP contribution is -2.55. The average Bonchev–Trinajstić information content (AvgIpc) is 3.07. The van der Waals surface area contributed by atoms with Crippen LogP contribution in [0.5, 0.6) is 0 Å². The number of halogens is 1. The van der Waals surface area contributed by atoms with Crippen LogP contribution in [0.25, 0.3) is 0 Å². The van der Waals surface area contributed by atoms with Crippen molar-refractivity contribution in [3.05, 3.63) is 53.6 Å². The van der Waals surface area contributed by atoms with Gasteiger partial charge in [-0.1, -0.05) is 6.07 Å². The lowest BCUT2D eigenvalue weighted by atomic mass is 9.60. The zero-order chi connectivity index (χ0) is 19.0. The van der Waals surface area contributed by atoms with Gasteiger partial charge in [-0.3, -0.25) is 14.3 Å². The summed E-state index contributed by atoms with van der Waals surface area (Å²) in [5.74, 6) is -0.577. The van der Waals surface area contributed by atoms with Gasteiger partial charge in [0.2, 0.25) is 0 Å². The Morgan fingerprint density at radius 1 is 1.22 bits per heavy atom. The standard InChI is InChI=1S/C20H23FN4O2/c1-24-13-15(12-22-24)18(26)23-17-10-20(11-17)5-7-25(8-6-20)19(27)14-3-2-4-16(21)9-14/h2-4,9,12-13,17H,5-8,10-11H2,1H3,(H,23,26). The van der Waals surface area contributed by atoms with E-state index in [0.717, 1.165) is 25.7 Å². The van der Waals surface area contributed by atoms with Crippen LogP contribution >= 0.6 is 0 Å². The van der Waals surface area contributed by atoms with Crippen molar-refractivity contribution >= 4 is 11.8 Å². The summed E-state index contributed by atoms with van der Waals surface area (Å²) < 4.78 is 15.0. The minimum absolute atomic E-state index is 0.0818. The SMILES string of the molecule is Cn1cc(C(=O)NC2CC3(CCN(C(=O)c4cccc(F)c4)CC3)C2)cn1. The zero-order valence-corrected chi connectivity index (χ0v) is 15.3. The van der Waals surface area contributed by atoms with Crippen molar-refractivity contribution in [2.75, 3.05) is 13.1 Å². The number of hydrogen-bond acceptors (Lipinski definition) is 3. The smallest absolute Gasteiger partial charge is 0.254 e. The molecule has 0 unspecified atom stereocenters. The normalized spacial score (nSPS) is 19.0. The van der Waals surface area contributed by atoms with Crippen molar-refractivity contribution in [3.8, 4) is 0 Å². The maximum Gasteiger partial charge on any atom is 0.254 e. The number of hydrogen-bond donors (Lipinski definition) is 1. The molecule has 1 saturated heterocycles. The fourth-order valence-corrected chi connectivity index (χ4v) is 4.29. The van der Waals surface area contributed by atoms with Gasteiger partial charge in [-0.15, -0.1) is 0 Å². The molecule has 1 aliphatic heterocycles. The van der Waals surface area contributed by atoms with E-state index in [9.17, 15) is 14.0 Å². The first-order valence-electron chi connectivity index (χ1n) is 9.29. The third-order valence-corrected chi connectivity index (χ3v) is 5.84. The fraction of sp³-hybridized carbons (Fsp3) is 0.450. The molecule has 27 heavy (non-hydrogen) atoms. The molecule has 142 valence electrons. The van der Waals surface area contributed by atoms with Gasteiger partial charge in [-0.25, -0.2) is 4.39 Å². The number of carbonyl (C=O) groups excluding carboxylic acids is 2. The number of aromatic nitrogens is 2. The van der Waals surface area contributed by atoms with Gasteiger partial charge in [0.05, 0.1) is 11.8 Å². The molecule has 2 fully saturated rings. The molecule has 1 N–H and O–H groups in total. The molecule has 1 aromatic heterocycles. The first-order chi connectivity index (χ1) is 12.9. The van der Waals surface area contributed by atoms with Crippen molar-refractivity contribution in [1.29, 1.82) is 0 Å². The van der Waals surface area contributed by atoms with Gasteiger partial charge in [-0.05, 0) is 49.3 Å². The van der Waals surface area contributed by atoms with E-state index in [4.69, 9.17) is 0 Å². The number of nitrogens with zero attached hydrogens (tertiary/aromatic N) is 3. The summed E-state index contributed by atoms with van der Waals surface area (Å²) in [5, 5.41) is 7.09. The third-order valence-electron chi connectivity index (χ3n) is 5.84. The number of likely N-dealkylation sites (tertiary alicyclic amines) is 1. The highest BCUT2D eigenvalue weighted by Crippen LogP contribution is 2.49. The molecular weight excluding hydrogens is 347 g/mol. The van der Waals surface area contributed by atoms with E-state index in [1.807, 2.05) is 4.90 Å². The molecule has 2 amide bonds. The van der Waals surface area contributed by atoms with Crippen LogP contribution in [0, 0.1) is 11.2 Å². The number of rotatable bonds is 3. The highest BCUT2D eigenvalue weighted by Gasteiger charge is 2.46. The van der Waals surface area contributed by atoms with E-state index >= 15 is 0 Å². The summed E-state index contributed by atoms with van der Waals surface area (Å²) in [7, 11) is 1.79. The Bertz CT molecular complexity index is 862. The molecule has 1 saturated carbocycles. The Kier molecular flexibility index (Phi) is 4.45. The number of carbonyl (C=O) groups is 2. The molecule has 0 bridgehead atoms. The summed E-state index contributed by atoms with van der Waals surface area (Å²) in [4.78, 5) is 26.5. The lowest BCUT2D eigenvalue weighted by Gasteiger charge is -2.52. The Hall–Kier alpha value is -2.70.